The summed E-state index contributed by atoms with van der Waals surface area (Å²) in [5.74, 6) is 0.653. The van der Waals surface area contributed by atoms with Crippen molar-refractivity contribution in [3.8, 4) is 5.75 Å². The van der Waals surface area contributed by atoms with Crippen molar-refractivity contribution in [2.75, 3.05) is 6.54 Å². The van der Waals surface area contributed by atoms with Gasteiger partial charge in [-0.15, -0.1) is 0 Å². The molecule has 0 radical (unpaired) electrons. The molecule has 0 saturated heterocycles. The van der Waals surface area contributed by atoms with Crippen LogP contribution in [0.4, 0.5) is 0 Å². The lowest BCUT2D eigenvalue weighted by molar-refractivity contribution is -0.119. The van der Waals surface area contributed by atoms with Gasteiger partial charge in [-0.05, 0) is 37.6 Å². The number of rotatable bonds is 5. The zero-order valence-electron chi connectivity index (χ0n) is 11.2. The molecule has 0 saturated carbocycles. The zero-order chi connectivity index (χ0) is 14.0. The third-order valence-corrected chi connectivity index (χ3v) is 3.68. The van der Waals surface area contributed by atoms with Gasteiger partial charge in [-0.25, -0.2) is 0 Å². The van der Waals surface area contributed by atoms with Crippen LogP contribution in [0.1, 0.15) is 25.8 Å². The van der Waals surface area contributed by atoms with Gasteiger partial charge in [0.15, 0.2) is 0 Å². The minimum absolute atomic E-state index is 0.108. The third-order valence-electron chi connectivity index (χ3n) is 3.19. The molecule has 0 bridgehead atoms. The lowest BCUT2D eigenvalue weighted by atomic mass is 9.99. The summed E-state index contributed by atoms with van der Waals surface area (Å²) in [7, 11) is 0. The molecule has 1 unspecified atom stereocenters. The van der Waals surface area contributed by atoms with E-state index in [-0.39, 0.29) is 17.6 Å². The number of nitrogens with one attached hydrogen (secondary N) is 1. The molecular weight excluding hydrogens is 308 g/mol. The lowest BCUT2D eigenvalue weighted by Gasteiger charge is -2.26. The molecule has 5 heteroatoms. The normalized spacial score (nSPS) is 17.9. The molecular formula is C14H19BrN2O2. The highest BCUT2D eigenvalue weighted by Gasteiger charge is 2.26. The van der Waals surface area contributed by atoms with Crippen LogP contribution < -0.4 is 15.8 Å². The quantitative estimate of drug-likeness (QED) is 0.869. The first-order valence-corrected chi connectivity index (χ1v) is 7.13. The molecule has 1 heterocycles. The standard InChI is InChI=1S/C14H19BrN2O2/c1-14(2,7-13(16)18)17-8-11-6-9-5-10(15)3-4-12(9)19-11/h3-5,11,17H,6-8H2,1-2H3,(H2,16,18). The molecule has 0 aromatic heterocycles. The highest BCUT2D eigenvalue weighted by atomic mass is 79.9. The largest absolute Gasteiger partial charge is 0.488 e. The van der Waals surface area contributed by atoms with E-state index in [1.165, 1.54) is 5.56 Å². The maximum atomic E-state index is 11.0. The van der Waals surface area contributed by atoms with Crippen molar-refractivity contribution in [2.24, 2.45) is 5.73 Å². The Labute approximate surface area is 121 Å². The Morgan fingerprint density at radius 1 is 1.58 bits per heavy atom. The van der Waals surface area contributed by atoms with Crippen LogP contribution in [-0.2, 0) is 11.2 Å². The highest BCUT2D eigenvalue weighted by Crippen LogP contribution is 2.31. The number of ether oxygens (including phenoxy) is 1. The fourth-order valence-electron chi connectivity index (χ4n) is 2.29. The number of primary amides is 1. The summed E-state index contributed by atoms with van der Waals surface area (Å²) in [4.78, 5) is 11.0. The highest BCUT2D eigenvalue weighted by molar-refractivity contribution is 9.10. The summed E-state index contributed by atoms with van der Waals surface area (Å²) in [5.41, 5.74) is 6.15. The molecule has 2 rings (SSSR count). The maximum Gasteiger partial charge on any atom is 0.219 e. The fraction of sp³-hybridized carbons (Fsp3) is 0.500. The average molecular weight is 327 g/mol. The second kappa shape index (κ2) is 5.51. The summed E-state index contributed by atoms with van der Waals surface area (Å²) in [6, 6.07) is 6.05. The molecule has 1 aliphatic heterocycles. The SMILES string of the molecule is CC(C)(CC(N)=O)NCC1Cc2cc(Br)ccc2O1. The van der Waals surface area contributed by atoms with E-state index in [4.69, 9.17) is 10.5 Å². The molecule has 4 nitrogen and oxygen atoms in total. The molecule has 1 aliphatic rings. The van der Waals surface area contributed by atoms with Gasteiger partial charge in [-0.2, -0.15) is 0 Å². The average Bonchev–Trinajstić information content (AvgIpc) is 2.66. The first-order chi connectivity index (χ1) is 8.85. The van der Waals surface area contributed by atoms with E-state index in [0.717, 1.165) is 16.6 Å². The molecule has 104 valence electrons. The van der Waals surface area contributed by atoms with Gasteiger partial charge in [0.2, 0.25) is 5.91 Å². The van der Waals surface area contributed by atoms with Crippen molar-refractivity contribution >= 4 is 21.8 Å². The van der Waals surface area contributed by atoms with E-state index in [1.807, 2.05) is 26.0 Å². The van der Waals surface area contributed by atoms with Crippen LogP contribution in [-0.4, -0.2) is 24.1 Å². The first-order valence-electron chi connectivity index (χ1n) is 6.34. The number of carbonyl (C=O) groups excluding carboxylic acids is 1. The summed E-state index contributed by atoms with van der Waals surface area (Å²) in [6.45, 7) is 4.64. The van der Waals surface area contributed by atoms with Crippen molar-refractivity contribution in [3.05, 3.63) is 28.2 Å². The smallest absolute Gasteiger partial charge is 0.219 e. The van der Waals surface area contributed by atoms with Crippen LogP contribution in [0.5, 0.6) is 5.75 Å². The number of hydrogen-bond donors (Lipinski definition) is 2. The van der Waals surface area contributed by atoms with Gasteiger partial charge >= 0.3 is 0 Å². The Kier molecular flexibility index (Phi) is 4.16. The van der Waals surface area contributed by atoms with E-state index in [1.54, 1.807) is 0 Å². The second-order valence-corrected chi connectivity index (χ2v) is 6.52. The minimum atomic E-state index is -0.301. The van der Waals surface area contributed by atoms with E-state index >= 15 is 0 Å². The van der Waals surface area contributed by atoms with Gasteiger partial charge in [0, 0.05) is 29.4 Å². The Bertz CT molecular complexity index is 488. The van der Waals surface area contributed by atoms with Crippen LogP contribution in [0.15, 0.2) is 22.7 Å². The maximum absolute atomic E-state index is 11.0. The van der Waals surface area contributed by atoms with Crippen LogP contribution in [0.3, 0.4) is 0 Å². The van der Waals surface area contributed by atoms with Gasteiger partial charge in [-0.3, -0.25) is 4.79 Å². The van der Waals surface area contributed by atoms with Gasteiger partial charge < -0.3 is 15.8 Å². The number of fused-ring (bicyclic) bond motifs is 1. The molecule has 0 spiro atoms. The van der Waals surface area contributed by atoms with Crippen molar-refractivity contribution in [1.82, 2.24) is 5.32 Å². The zero-order valence-corrected chi connectivity index (χ0v) is 12.8. The van der Waals surface area contributed by atoms with E-state index in [0.29, 0.717) is 13.0 Å². The second-order valence-electron chi connectivity index (χ2n) is 5.60. The summed E-state index contributed by atoms with van der Waals surface area (Å²) in [6.07, 6.45) is 1.31. The Hall–Kier alpha value is -1.07. The molecule has 1 amide bonds. The minimum Gasteiger partial charge on any atom is -0.488 e. The van der Waals surface area contributed by atoms with Crippen molar-refractivity contribution < 1.29 is 9.53 Å². The Morgan fingerprint density at radius 2 is 2.32 bits per heavy atom. The monoisotopic (exact) mass is 326 g/mol. The van der Waals surface area contributed by atoms with Crippen LogP contribution in [0, 0.1) is 0 Å². The van der Waals surface area contributed by atoms with E-state index in [2.05, 4.69) is 27.3 Å². The molecule has 1 aromatic carbocycles. The summed E-state index contributed by atoms with van der Waals surface area (Å²) in [5, 5.41) is 3.34. The number of hydrogen-bond acceptors (Lipinski definition) is 3. The molecule has 3 N–H and O–H groups in total. The predicted molar refractivity (Wildman–Crippen MR) is 78.2 cm³/mol. The van der Waals surface area contributed by atoms with E-state index < -0.39 is 0 Å². The molecule has 19 heavy (non-hydrogen) atoms. The number of carbonyl (C=O) groups is 1. The third kappa shape index (κ3) is 3.94. The van der Waals surface area contributed by atoms with Gasteiger partial charge in [0.1, 0.15) is 11.9 Å². The topological polar surface area (TPSA) is 64.4 Å². The lowest BCUT2D eigenvalue weighted by Crippen LogP contribution is -2.46. The molecule has 0 fully saturated rings. The number of halogens is 1. The van der Waals surface area contributed by atoms with Crippen LogP contribution in [0.25, 0.3) is 0 Å². The van der Waals surface area contributed by atoms with Gasteiger partial charge in [0.25, 0.3) is 0 Å². The van der Waals surface area contributed by atoms with Gasteiger partial charge in [0.05, 0.1) is 0 Å². The van der Waals surface area contributed by atoms with Gasteiger partial charge in [-0.1, -0.05) is 15.9 Å². The van der Waals surface area contributed by atoms with Crippen LogP contribution in [0.2, 0.25) is 0 Å². The molecule has 0 aliphatic carbocycles. The Morgan fingerprint density at radius 3 is 3.00 bits per heavy atom. The summed E-state index contributed by atoms with van der Waals surface area (Å²) >= 11 is 3.46. The number of benzene rings is 1. The fourth-order valence-corrected chi connectivity index (χ4v) is 2.70. The first kappa shape index (κ1) is 14.3. The van der Waals surface area contributed by atoms with E-state index in [9.17, 15) is 4.79 Å². The Balaban J connectivity index is 1.89. The predicted octanol–water partition coefficient (Wildman–Crippen LogP) is 2.00. The van der Waals surface area contributed by atoms with Crippen molar-refractivity contribution in [1.29, 1.82) is 0 Å². The number of nitrogens with two attached hydrogens (primary N) is 1. The number of amides is 1. The van der Waals surface area contributed by atoms with Crippen molar-refractivity contribution in [3.63, 3.8) is 0 Å². The summed E-state index contributed by atoms with van der Waals surface area (Å²) < 4.78 is 6.93. The van der Waals surface area contributed by atoms with Crippen molar-refractivity contribution in [2.45, 2.75) is 38.3 Å². The van der Waals surface area contributed by atoms with Crippen LogP contribution >= 0.6 is 15.9 Å². The molecule has 1 atom stereocenters. The molecule has 1 aromatic rings.